The van der Waals surface area contributed by atoms with Crippen molar-refractivity contribution >= 4 is 10.0 Å². The first kappa shape index (κ1) is 15.5. The molecule has 0 aliphatic carbocycles. The topological polar surface area (TPSA) is 69.3 Å². The predicted octanol–water partition coefficient (Wildman–Crippen LogP) is 1.13. The van der Waals surface area contributed by atoms with Crippen molar-refractivity contribution in [2.24, 2.45) is 0 Å². The van der Waals surface area contributed by atoms with Crippen LogP contribution in [-0.4, -0.2) is 61.0 Å². The van der Waals surface area contributed by atoms with Crippen LogP contribution in [0, 0.1) is 13.8 Å². The van der Waals surface area contributed by atoms with Crippen molar-refractivity contribution in [3.05, 3.63) is 11.4 Å². The van der Waals surface area contributed by atoms with Crippen LogP contribution in [-0.2, 0) is 10.0 Å². The number of nitrogens with zero attached hydrogens (tertiary/aromatic N) is 3. The Morgan fingerprint density at radius 2 is 1.90 bits per heavy atom. The van der Waals surface area contributed by atoms with Gasteiger partial charge in [-0.15, -0.1) is 0 Å². The highest BCUT2D eigenvalue weighted by atomic mass is 32.2. The minimum absolute atomic E-state index is 0.318. The number of likely N-dealkylation sites (tertiary alicyclic amines) is 1. The summed E-state index contributed by atoms with van der Waals surface area (Å²) in [5.74, 6) is 0. The summed E-state index contributed by atoms with van der Waals surface area (Å²) in [6, 6.07) is 0. The van der Waals surface area contributed by atoms with Gasteiger partial charge in [0.25, 0.3) is 0 Å². The van der Waals surface area contributed by atoms with Crippen LogP contribution in [0.25, 0.3) is 0 Å². The molecule has 1 saturated heterocycles. The van der Waals surface area contributed by atoms with Gasteiger partial charge in [0, 0.05) is 20.1 Å². The van der Waals surface area contributed by atoms with Crippen LogP contribution in [0.5, 0.6) is 0 Å². The van der Waals surface area contributed by atoms with Crippen LogP contribution in [0.1, 0.15) is 30.7 Å². The third-order valence-corrected chi connectivity index (χ3v) is 6.03. The summed E-state index contributed by atoms with van der Waals surface area (Å²) >= 11 is 0. The average Bonchev–Trinajstić information content (AvgIpc) is 2.77. The smallest absolute Gasteiger partial charge is 0.246 e. The Morgan fingerprint density at radius 3 is 2.45 bits per heavy atom. The molecule has 2 heterocycles. The number of aromatic nitrogens is 2. The largest absolute Gasteiger partial charge is 0.302 e. The van der Waals surface area contributed by atoms with E-state index in [2.05, 4.69) is 15.1 Å². The maximum atomic E-state index is 12.6. The third kappa shape index (κ3) is 3.21. The van der Waals surface area contributed by atoms with E-state index in [9.17, 15) is 8.42 Å². The molecule has 0 atom stereocenters. The van der Waals surface area contributed by atoms with Gasteiger partial charge in [-0.1, -0.05) is 6.42 Å². The van der Waals surface area contributed by atoms with Crippen molar-refractivity contribution in [1.82, 2.24) is 19.4 Å². The summed E-state index contributed by atoms with van der Waals surface area (Å²) in [5.41, 5.74) is 1.14. The van der Waals surface area contributed by atoms with Crippen LogP contribution >= 0.6 is 0 Å². The zero-order valence-electron chi connectivity index (χ0n) is 12.5. The van der Waals surface area contributed by atoms with Crippen molar-refractivity contribution < 1.29 is 8.42 Å². The van der Waals surface area contributed by atoms with E-state index in [1.54, 1.807) is 20.9 Å². The minimum atomic E-state index is -3.44. The summed E-state index contributed by atoms with van der Waals surface area (Å²) in [5, 5.41) is 6.71. The molecule has 2 rings (SSSR count). The Hall–Kier alpha value is -0.920. The Labute approximate surface area is 121 Å². The molecule has 1 N–H and O–H groups in total. The number of H-pyrrole nitrogens is 1. The molecule has 1 aliphatic heterocycles. The zero-order chi connectivity index (χ0) is 14.8. The monoisotopic (exact) mass is 300 g/mol. The van der Waals surface area contributed by atoms with Crippen molar-refractivity contribution in [2.45, 2.75) is 38.0 Å². The lowest BCUT2D eigenvalue weighted by Gasteiger charge is -2.28. The number of likely N-dealkylation sites (N-methyl/N-ethyl adjacent to an activating group) is 1. The first-order chi connectivity index (χ1) is 9.43. The molecule has 20 heavy (non-hydrogen) atoms. The number of rotatable bonds is 5. The van der Waals surface area contributed by atoms with Gasteiger partial charge in [-0.05, 0) is 39.8 Å². The lowest BCUT2D eigenvalue weighted by molar-refractivity contribution is 0.218. The number of hydrogen-bond donors (Lipinski definition) is 1. The number of hydrogen-bond acceptors (Lipinski definition) is 4. The Kier molecular flexibility index (Phi) is 4.82. The van der Waals surface area contributed by atoms with Gasteiger partial charge in [0.1, 0.15) is 4.90 Å². The molecule has 1 aliphatic rings. The molecule has 0 bridgehead atoms. The number of sulfonamides is 1. The fraction of sp³-hybridized carbons (Fsp3) is 0.769. The average molecular weight is 300 g/mol. The van der Waals surface area contributed by atoms with Gasteiger partial charge < -0.3 is 4.90 Å². The van der Waals surface area contributed by atoms with Crippen molar-refractivity contribution in [3.63, 3.8) is 0 Å². The summed E-state index contributed by atoms with van der Waals surface area (Å²) < 4.78 is 26.5. The maximum absolute atomic E-state index is 12.6. The SMILES string of the molecule is Cc1n[nH]c(C)c1S(=O)(=O)N(C)CCN1CCCCC1. The van der Waals surface area contributed by atoms with E-state index < -0.39 is 10.0 Å². The first-order valence-corrected chi connectivity index (χ1v) is 8.57. The molecule has 0 saturated carbocycles. The number of aromatic amines is 1. The van der Waals surface area contributed by atoms with E-state index in [4.69, 9.17) is 0 Å². The molecule has 0 spiro atoms. The van der Waals surface area contributed by atoms with E-state index in [0.29, 0.717) is 22.8 Å². The van der Waals surface area contributed by atoms with Gasteiger partial charge in [-0.2, -0.15) is 9.40 Å². The van der Waals surface area contributed by atoms with E-state index in [1.165, 1.54) is 23.6 Å². The summed E-state index contributed by atoms with van der Waals surface area (Å²) in [6.45, 7) is 6.94. The molecule has 7 heteroatoms. The van der Waals surface area contributed by atoms with E-state index >= 15 is 0 Å². The number of piperidine rings is 1. The normalized spacial score (nSPS) is 17.8. The highest BCUT2D eigenvalue weighted by molar-refractivity contribution is 7.89. The molecule has 114 valence electrons. The molecule has 0 radical (unpaired) electrons. The highest BCUT2D eigenvalue weighted by Gasteiger charge is 2.27. The van der Waals surface area contributed by atoms with Crippen LogP contribution in [0.4, 0.5) is 0 Å². The predicted molar refractivity (Wildman–Crippen MR) is 78.2 cm³/mol. The lowest BCUT2D eigenvalue weighted by Crippen LogP contribution is -2.38. The number of nitrogens with one attached hydrogen (secondary N) is 1. The van der Waals surface area contributed by atoms with Gasteiger partial charge in [0.2, 0.25) is 10.0 Å². The number of aryl methyl sites for hydroxylation is 2. The fourth-order valence-electron chi connectivity index (χ4n) is 2.66. The second-order valence-corrected chi connectivity index (χ2v) is 7.47. The fourth-order valence-corrected chi connectivity index (χ4v) is 4.15. The van der Waals surface area contributed by atoms with E-state index in [1.807, 2.05) is 0 Å². The quantitative estimate of drug-likeness (QED) is 0.885. The molecular formula is C13H24N4O2S. The molecule has 0 unspecified atom stereocenters. The van der Waals surface area contributed by atoms with Crippen molar-refractivity contribution in [3.8, 4) is 0 Å². The second kappa shape index (κ2) is 6.24. The Bertz CT molecular complexity index is 527. The van der Waals surface area contributed by atoms with Gasteiger partial charge in [0.05, 0.1) is 11.4 Å². The molecular weight excluding hydrogens is 276 g/mol. The van der Waals surface area contributed by atoms with Crippen LogP contribution < -0.4 is 0 Å². The van der Waals surface area contributed by atoms with Crippen LogP contribution in [0.3, 0.4) is 0 Å². The van der Waals surface area contributed by atoms with Crippen molar-refractivity contribution in [1.29, 1.82) is 0 Å². The van der Waals surface area contributed by atoms with E-state index in [-0.39, 0.29) is 0 Å². The van der Waals surface area contributed by atoms with Gasteiger partial charge in [-0.25, -0.2) is 8.42 Å². The van der Waals surface area contributed by atoms with E-state index in [0.717, 1.165) is 19.6 Å². The minimum Gasteiger partial charge on any atom is -0.302 e. The third-order valence-electron chi connectivity index (χ3n) is 3.91. The first-order valence-electron chi connectivity index (χ1n) is 7.13. The molecule has 1 aromatic heterocycles. The van der Waals surface area contributed by atoms with Gasteiger partial charge in [0.15, 0.2) is 0 Å². The maximum Gasteiger partial charge on any atom is 0.246 e. The Balaban J connectivity index is 2.02. The lowest BCUT2D eigenvalue weighted by atomic mass is 10.1. The zero-order valence-corrected chi connectivity index (χ0v) is 13.3. The van der Waals surface area contributed by atoms with Gasteiger partial charge >= 0.3 is 0 Å². The molecule has 0 amide bonds. The molecule has 1 aromatic rings. The highest BCUT2D eigenvalue weighted by Crippen LogP contribution is 2.20. The van der Waals surface area contributed by atoms with Crippen LogP contribution in [0.2, 0.25) is 0 Å². The molecule has 1 fully saturated rings. The molecule has 0 aromatic carbocycles. The summed E-state index contributed by atoms with van der Waals surface area (Å²) in [6.07, 6.45) is 3.73. The second-order valence-electron chi connectivity index (χ2n) is 5.49. The van der Waals surface area contributed by atoms with Crippen molar-refractivity contribution in [2.75, 3.05) is 33.2 Å². The van der Waals surface area contributed by atoms with Gasteiger partial charge in [-0.3, -0.25) is 5.10 Å². The summed E-state index contributed by atoms with van der Waals surface area (Å²) in [7, 11) is -1.80. The standard InChI is InChI=1S/C13H24N4O2S/c1-11-13(12(2)15-14-11)20(18,19)16(3)9-10-17-7-5-4-6-8-17/h4-10H2,1-3H3,(H,14,15). The molecule has 6 nitrogen and oxygen atoms in total. The summed E-state index contributed by atoms with van der Waals surface area (Å²) in [4.78, 5) is 2.66. The Morgan fingerprint density at radius 1 is 1.25 bits per heavy atom. The van der Waals surface area contributed by atoms with Crippen LogP contribution in [0.15, 0.2) is 4.90 Å².